The molecule has 1 unspecified atom stereocenters. The van der Waals surface area contributed by atoms with Crippen molar-refractivity contribution in [3.63, 3.8) is 0 Å². The van der Waals surface area contributed by atoms with Crippen molar-refractivity contribution >= 4 is 17.2 Å². The van der Waals surface area contributed by atoms with Crippen LogP contribution >= 0.6 is 0 Å². The normalized spacial score (nSPS) is 11.3. The predicted octanol–water partition coefficient (Wildman–Crippen LogP) is 8.94. The largest absolute Gasteiger partial charge is 0.507 e. The van der Waals surface area contributed by atoms with Crippen LogP contribution in [0.2, 0.25) is 0 Å². The van der Waals surface area contributed by atoms with E-state index >= 15 is 0 Å². The second-order valence-electron chi connectivity index (χ2n) is 9.59. The van der Waals surface area contributed by atoms with E-state index in [0.29, 0.717) is 11.3 Å². The minimum atomic E-state index is 0. The van der Waals surface area contributed by atoms with Gasteiger partial charge in [-0.25, -0.2) is 4.98 Å². The zero-order valence-electron chi connectivity index (χ0n) is 22.5. The molecule has 0 spiro atoms. The Morgan fingerprint density at radius 3 is 2.15 bits per heavy atom. The zero-order chi connectivity index (χ0) is 27.3. The quantitative estimate of drug-likeness (QED) is 0.168. The predicted molar refractivity (Wildman–Crippen MR) is 162 cm³/mol. The Kier molecular flexibility index (Phi) is 8.72. The number of aromatic nitrogens is 2. The van der Waals surface area contributed by atoms with Crippen molar-refractivity contribution in [2.45, 2.75) is 12.8 Å². The number of pyridine rings is 2. The topological polar surface area (TPSA) is 49.3 Å². The second kappa shape index (κ2) is 12.8. The maximum Gasteiger partial charge on any atom is 0.136 e. The fourth-order valence-electron chi connectivity index (χ4n) is 4.98. The Hall–Kier alpha value is -4.53. The van der Waals surface area contributed by atoms with Crippen LogP contribution in [0.25, 0.3) is 22.5 Å². The van der Waals surface area contributed by atoms with E-state index in [-0.39, 0.29) is 32.7 Å². The maximum absolute atomic E-state index is 10.6. The molecule has 204 valence electrons. The van der Waals surface area contributed by atoms with Gasteiger partial charge in [-0.05, 0) is 65.3 Å². The number of nitrogens with zero attached hydrogens (tertiary/aromatic N) is 3. The van der Waals surface area contributed by atoms with Gasteiger partial charge in [0.05, 0.1) is 5.69 Å². The van der Waals surface area contributed by atoms with E-state index in [4.69, 9.17) is 4.98 Å². The van der Waals surface area contributed by atoms with Crippen molar-refractivity contribution in [1.82, 2.24) is 9.97 Å². The summed E-state index contributed by atoms with van der Waals surface area (Å²) in [5.41, 5.74) is 7.23. The van der Waals surface area contributed by atoms with E-state index in [2.05, 4.69) is 65.3 Å². The summed E-state index contributed by atoms with van der Waals surface area (Å²) in [5, 5.41) is 10.6. The van der Waals surface area contributed by atoms with Gasteiger partial charge in [0.2, 0.25) is 0 Å². The molecular formula is C36H28N3OPt-. The molecule has 5 heteroatoms. The molecule has 0 fully saturated rings. The molecule has 2 aromatic heterocycles. The molecule has 2 heterocycles. The molecule has 0 aliphatic heterocycles. The first-order valence-corrected chi connectivity index (χ1v) is 13.3. The molecule has 6 rings (SSSR count). The third-order valence-corrected chi connectivity index (χ3v) is 7.04. The van der Waals surface area contributed by atoms with Gasteiger partial charge < -0.3 is 10.0 Å². The molecule has 1 atom stereocenters. The van der Waals surface area contributed by atoms with Crippen molar-refractivity contribution in [1.29, 1.82) is 0 Å². The van der Waals surface area contributed by atoms with Crippen LogP contribution in [0.3, 0.4) is 0 Å². The van der Waals surface area contributed by atoms with Crippen LogP contribution < -0.4 is 4.90 Å². The molecule has 6 aromatic rings. The third-order valence-electron chi connectivity index (χ3n) is 7.04. The van der Waals surface area contributed by atoms with Gasteiger partial charge >= 0.3 is 0 Å². The van der Waals surface area contributed by atoms with Gasteiger partial charge in [-0.15, -0.1) is 29.8 Å². The molecule has 0 saturated carbocycles. The number of para-hydroxylation sites is 2. The summed E-state index contributed by atoms with van der Waals surface area (Å²) in [6.07, 6.45) is 1.80. The Balaban J connectivity index is 0.00000337. The molecule has 0 bridgehead atoms. The van der Waals surface area contributed by atoms with Crippen LogP contribution in [0.15, 0.2) is 140 Å². The van der Waals surface area contributed by atoms with Crippen LogP contribution in [0.5, 0.6) is 5.75 Å². The number of phenolic OH excluding ortho intramolecular Hbond substituents is 1. The number of anilines is 3. The Morgan fingerprint density at radius 1 is 0.707 bits per heavy atom. The number of aromatic hydroxyl groups is 1. The van der Waals surface area contributed by atoms with Crippen molar-refractivity contribution in [3.05, 3.63) is 157 Å². The molecule has 0 aliphatic carbocycles. The molecule has 4 aromatic carbocycles. The molecule has 4 nitrogen and oxygen atoms in total. The first kappa shape index (κ1) is 28.0. The summed E-state index contributed by atoms with van der Waals surface area (Å²) in [4.78, 5) is 11.9. The van der Waals surface area contributed by atoms with Gasteiger partial charge in [-0.3, -0.25) is 4.98 Å². The summed E-state index contributed by atoms with van der Waals surface area (Å²) in [5.74, 6) is 1.10. The molecule has 41 heavy (non-hydrogen) atoms. The number of hydrogen-bond donors (Lipinski definition) is 1. The standard InChI is InChI=1S/C36H28N3O.Pt/c1-26(27-13-4-2-5-14-27)31-22-23-33(32-19-8-9-20-34(32)40)38-36(31)28-15-12-18-30(25-28)39(29-16-6-3-7-17-29)35-21-10-11-24-37-35;/h2-24,26,40H,1H3;/q-1;. The molecule has 0 aliphatic rings. The fourth-order valence-corrected chi connectivity index (χ4v) is 4.98. The summed E-state index contributed by atoms with van der Waals surface area (Å²) >= 11 is 0. The average molecular weight is 714 g/mol. The number of phenols is 1. The van der Waals surface area contributed by atoms with Crippen LogP contribution in [-0.4, -0.2) is 15.1 Å². The van der Waals surface area contributed by atoms with Crippen LogP contribution in [0, 0.1) is 6.07 Å². The smallest absolute Gasteiger partial charge is 0.136 e. The number of rotatable bonds is 7. The van der Waals surface area contributed by atoms with Gasteiger partial charge in [-0.2, -0.15) is 0 Å². The van der Waals surface area contributed by atoms with E-state index in [0.717, 1.165) is 34.0 Å². The third kappa shape index (κ3) is 5.99. The number of benzene rings is 4. The van der Waals surface area contributed by atoms with Crippen molar-refractivity contribution < 1.29 is 26.2 Å². The van der Waals surface area contributed by atoms with E-state index in [1.54, 1.807) is 12.3 Å². The Labute approximate surface area is 255 Å². The molecule has 0 saturated heterocycles. The summed E-state index contributed by atoms with van der Waals surface area (Å²) in [7, 11) is 0. The van der Waals surface area contributed by atoms with E-state index in [1.807, 2.05) is 84.9 Å². The molecule has 0 radical (unpaired) electrons. The van der Waals surface area contributed by atoms with Crippen LogP contribution in [0.1, 0.15) is 24.0 Å². The van der Waals surface area contributed by atoms with Crippen molar-refractivity contribution in [2.24, 2.45) is 0 Å². The van der Waals surface area contributed by atoms with Gasteiger partial charge in [0.1, 0.15) is 11.6 Å². The minimum absolute atomic E-state index is 0. The summed E-state index contributed by atoms with van der Waals surface area (Å²) < 4.78 is 0. The summed E-state index contributed by atoms with van der Waals surface area (Å²) in [6.45, 7) is 2.20. The van der Waals surface area contributed by atoms with Gasteiger partial charge in [-0.1, -0.05) is 85.3 Å². The minimum Gasteiger partial charge on any atom is -0.507 e. The van der Waals surface area contributed by atoms with Crippen LogP contribution in [0.4, 0.5) is 17.2 Å². The van der Waals surface area contributed by atoms with Gasteiger partial charge in [0.15, 0.2) is 0 Å². The van der Waals surface area contributed by atoms with E-state index in [9.17, 15) is 5.11 Å². The fraction of sp³-hybridized carbons (Fsp3) is 0.0556. The molecule has 1 N–H and O–H groups in total. The maximum atomic E-state index is 10.6. The monoisotopic (exact) mass is 713 g/mol. The Bertz CT molecular complexity index is 1690. The first-order valence-electron chi connectivity index (χ1n) is 13.3. The zero-order valence-corrected chi connectivity index (χ0v) is 24.7. The van der Waals surface area contributed by atoms with Crippen LogP contribution in [-0.2, 0) is 21.1 Å². The van der Waals surface area contributed by atoms with Gasteiger partial charge in [0, 0.05) is 38.5 Å². The second-order valence-corrected chi connectivity index (χ2v) is 9.59. The first-order chi connectivity index (χ1) is 19.7. The van der Waals surface area contributed by atoms with Crippen molar-refractivity contribution in [3.8, 4) is 28.3 Å². The number of hydrogen-bond acceptors (Lipinski definition) is 4. The van der Waals surface area contributed by atoms with Crippen molar-refractivity contribution in [2.75, 3.05) is 4.90 Å². The average Bonchev–Trinajstić information content (AvgIpc) is 3.02. The van der Waals surface area contributed by atoms with Gasteiger partial charge in [0.25, 0.3) is 0 Å². The summed E-state index contributed by atoms with van der Waals surface area (Å²) in [6, 6.07) is 47.7. The SMILES string of the molecule is CC(c1ccccc1)c1ccc(-c2ccccc2O)nc1-c1[c-]c(N(c2ccccc2)c2ccccn2)ccc1.[Pt]. The molecule has 0 amide bonds. The Morgan fingerprint density at radius 2 is 1.41 bits per heavy atom. The van der Waals surface area contributed by atoms with E-state index in [1.165, 1.54) is 5.56 Å². The molecular weight excluding hydrogens is 685 g/mol. The van der Waals surface area contributed by atoms with E-state index < -0.39 is 0 Å².